The SMILES string of the molecule is CC(C)(C)OC(=O)NCCCNC(=O)C=C1c2ccccc2C=Cc2ccccc21. The van der Waals surface area contributed by atoms with E-state index < -0.39 is 11.7 Å². The van der Waals surface area contributed by atoms with Gasteiger partial charge in [0, 0.05) is 19.2 Å². The van der Waals surface area contributed by atoms with Gasteiger partial charge >= 0.3 is 6.09 Å². The van der Waals surface area contributed by atoms with E-state index in [4.69, 9.17) is 4.74 Å². The van der Waals surface area contributed by atoms with Gasteiger partial charge in [0.15, 0.2) is 0 Å². The summed E-state index contributed by atoms with van der Waals surface area (Å²) in [5, 5.41) is 5.60. The molecule has 0 aromatic heterocycles. The lowest BCUT2D eigenvalue weighted by Crippen LogP contribution is -2.34. The number of hydrogen-bond acceptors (Lipinski definition) is 3. The number of ether oxygens (including phenoxy) is 1. The molecule has 0 aliphatic heterocycles. The van der Waals surface area contributed by atoms with Crippen molar-refractivity contribution in [2.75, 3.05) is 13.1 Å². The van der Waals surface area contributed by atoms with Crippen LogP contribution in [0.15, 0.2) is 54.6 Å². The van der Waals surface area contributed by atoms with Gasteiger partial charge in [0.05, 0.1) is 0 Å². The van der Waals surface area contributed by atoms with Crippen molar-refractivity contribution >= 4 is 29.7 Å². The van der Waals surface area contributed by atoms with E-state index in [1.54, 1.807) is 6.08 Å². The molecule has 0 heterocycles. The highest BCUT2D eigenvalue weighted by Gasteiger charge is 2.16. The molecule has 0 fully saturated rings. The molecule has 2 N–H and O–H groups in total. The number of carbonyl (C=O) groups is 2. The van der Waals surface area contributed by atoms with Gasteiger partial charge in [-0.25, -0.2) is 4.79 Å². The van der Waals surface area contributed by atoms with Crippen molar-refractivity contribution in [2.24, 2.45) is 0 Å². The van der Waals surface area contributed by atoms with Crippen molar-refractivity contribution in [2.45, 2.75) is 32.8 Å². The molecular formula is C25H28N2O3. The maximum absolute atomic E-state index is 12.6. The molecule has 0 saturated heterocycles. The number of rotatable bonds is 5. The average Bonchev–Trinajstić information content (AvgIpc) is 2.84. The molecule has 0 atom stereocenters. The zero-order valence-electron chi connectivity index (χ0n) is 17.7. The summed E-state index contributed by atoms with van der Waals surface area (Å²) in [5.41, 5.74) is 4.59. The van der Waals surface area contributed by atoms with Crippen LogP contribution in [0.25, 0.3) is 17.7 Å². The van der Waals surface area contributed by atoms with Crippen molar-refractivity contribution in [1.82, 2.24) is 10.6 Å². The van der Waals surface area contributed by atoms with Crippen LogP contribution in [-0.4, -0.2) is 30.7 Å². The van der Waals surface area contributed by atoms with E-state index in [-0.39, 0.29) is 5.91 Å². The molecule has 5 nitrogen and oxygen atoms in total. The van der Waals surface area contributed by atoms with Crippen LogP contribution in [0.2, 0.25) is 0 Å². The van der Waals surface area contributed by atoms with Gasteiger partial charge in [0.2, 0.25) is 5.91 Å². The minimum atomic E-state index is -0.523. The van der Waals surface area contributed by atoms with Gasteiger partial charge in [-0.05, 0) is 55.0 Å². The number of nitrogens with one attached hydrogen (secondary N) is 2. The lowest BCUT2D eigenvalue weighted by molar-refractivity contribution is -0.116. The quantitative estimate of drug-likeness (QED) is 0.481. The van der Waals surface area contributed by atoms with Crippen LogP contribution in [0.5, 0.6) is 0 Å². The lowest BCUT2D eigenvalue weighted by Gasteiger charge is -2.19. The summed E-state index contributed by atoms with van der Waals surface area (Å²) in [6, 6.07) is 16.1. The third-order valence-electron chi connectivity index (χ3n) is 4.54. The summed E-state index contributed by atoms with van der Waals surface area (Å²) in [7, 11) is 0. The second-order valence-electron chi connectivity index (χ2n) is 8.14. The number of benzene rings is 2. The second kappa shape index (κ2) is 9.44. The van der Waals surface area contributed by atoms with E-state index in [0.717, 1.165) is 27.8 Å². The van der Waals surface area contributed by atoms with Gasteiger partial charge in [-0.15, -0.1) is 0 Å². The summed E-state index contributed by atoms with van der Waals surface area (Å²) in [4.78, 5) is 24.3. The van der Waals surface area contributed by atoms with Crippen LogP contribution in [-0.2, 0) is 9.53 Å². The van der Waals surface area contributed by atoms with Crippen LogP contribution in [0.1, 0.15) is 49.4 Å². The molecule has 0 radical (unpaired) electrons. The molecule has 156 valence electrons. The molecule has 2 aromatic rings. The van der Waals surface area contributed by atoms with E-state index in [9.17, 15) is 9.59 Å². The fraction of sp³-hybridized carbons (Fsp3) is 0.280. The van der Waals surface area contributed by atoms with E-state index in [2.05, 4.69) is 22.8 Å². The Balaban J connectivity index is 1.63. The molecule has 0 spiro atoms. The van der Waals surface area contributed by atoms with Crippen LogP contribution >= 0.6 is 0 Å². The Morgan fingerprint density at radius 3 is 1.97 bits per heavy atom. The highest BCUT2D eigenvalue weighted by Crippen LogP contribution is 2.33. The first-order valence-corrected chi connectivity index (χ1v) is 10.2. The molecule has 30 heavy (non-hydrogen) atoms. The fourth-order valence-electron chi connectivity index (χ4n) is 3.24. The van der Waals surface area contributed by atoms with Crippen molar-refractivity contribution in [3.63, 3.8) is 0 Å². The molecule has 1 aliphatic carbocycles. The molecule has 3 rings (SSSR count). The van der Waals surface area contributed by atoms with Crippen molar-refractivity contribution in [3.8, 4) is 0 Å². The van der Waals surface area contributed by atoms with Gasteiger partial charge < -0.3 is 15.4 Å². The highest BCUT2D eigenvalue weighted by atomic mass is 16.6. The zero-order chi connectivity index (χ0) is 21.6. The summed E-state index contributed by atoms with van der Waals surface area (Å²) in [6.07, 6.45) is 5.98. The molecule has 0 unspecified atom stereocenters. The second-order valence-corrected chi connectivity index (χ2v) is 8.14. The van der Waals surface area contributed by atoms with Crippen LogP contribution in [0.4, 0.5) is 4.79 Å². The largest absolute Gasteiger partial charge is 0.444 e. The molecule has 1 aliphatic rings. The summed E-state index contributed by atoms with van der Waals surface area (Å²) < 4.78 is 5.19. The van der Waals surface area contributed by atoms with Crippen molar-refractivity contribution < 1.29 is 14.3 Å². The Labute approximate surface area is 177 Å². The third kappa shape index (κ3) is 5.83. The lowest BCUT2D eigenvalue weighted by atomic mass is 9.93. The first-order valence-electron chi connectivity index (χ1n) is 10.2. The van der Waals surface area contributed by atoms with Crippen LogP contribution in [0.3, 0.4) is 0 Å². The topological polar surface area (TPSA) is 67.4 Å². The third-order valence-corrected chi connectivity index (χ3v) is 4.54. The minimum absolute atomic E-state index is 0.159. The van der Waals surface area contributed by atoms with Gasteiger partial charge in [-0.2, -0.15) is 0 Å². The van der Waals surface area contributed by atoms with E-state index in [1.165, 1.54) is 0 Å². The fourth-order valence-corrected chi connectivity index (χ4v) is 3.24. The van der Waals surface area contributed by atoms with Crippen LogP contribution in [0, 0.1) is 0 Å². The number of alkyl carbamates (subject to hydrolysis) is 1. The average molecular weight is 405 g/mol. The number of amides is 2. The van der Waals surface area contributed by atoms with Gasteiger partial charge in [0.1, 0.15) is 5.60 Å². The van der Waals surface area contributed by atoms with E-state index in [1.807, 2.05) is 69.3 Å². The molecule has 2 amide bonds. The maximum atomic E-state index is 12.6. The monoisotopic (exact) mass is 404 g/mol. The standard InChI is InChI=1S/C25H28N2O3/c1-25(2,3)30-24(29)27-16-8-15-26-23(28)17-22-20-11-6-4-9-18(20)13-14-19-10-5-7-12-21(19)22/h4-7,9-14,17H,8,15-16H2,1-3H3,(H,26,28)(H,27,29). The zero-order valence-corrected chi connectivity index (χ0v) is 17.7. The Bertz CT molecular complexity index is 932. The van der Waals surface area contributed by atoms with Gasteiger partial charge in [0.25, 0.3) is 0 Å². The highest BCUT2D eigenvalue weighted by molar-refractivity contribution is 6.03. The first-order chi connectivity index (χ1) is 14.3. The van der Waals surface area contributed by atoms with Gasteiger partial charge in [-0.1, -0.05) is 60.7 Å². The van der Waals surface area contributed by atoms with Gasteiger partial charge in [-0.3, -0.25) is 4.79 Å². The van der Waals surface area contributed by atoms with Crippen molar-refractivity contribution in [3.05, 3.63) is 76.9 Å². The predicted molar refractivity (Wildman–Crippen MR) is 121 cm³/mol. The number of carbonyl (C=O) groups excluding carboxylic acids is 2. The molecule has 5 heteroatoms. The Morgan fingerprint density at radius 2 is 1.40 bits per heavy atom. The molecule has 0 bridgehead atoms. The smallest absolute Gasteiger partial charge is 0.407 e. The maximum Gasteiger partial charge on any atom is 0.407 e. The Kier molecular flexibility index (Phi) is 6.72. The van der Waals surface area contributed by atoms with E-state index in [0.29, 0.717) is 19.5 Å². The molecular weight excluding hydrogens is 376 g/mol. The summed E-state index contributed by atoms with van der Waals surface area (Å²) >= 11 is 0. The number of fused-ring (bicyclic) bond motifs is 2. The first kappa shape index (κ1) is 21.4. The molecule has 2 aromatic carbocycles. The summed E-state index contributed by atoms with van der Waals surface area (Å²) in [5.74, 6) is -0.159. The van der Waals surface area contributed by atoms with Crippen molar-refractivity contribution in [1.29, 1.82) is 0 Å². The van der Waals surface area contributed by atoms with Crippen LogP contribution < -0.4 is 10.6 Å². The van der Waals surface area contributed by atoms with E-state index >= 15 is 0 Å². The predicted octanol–water partition coefficient (Wildman–Crippen LogP) is 4.63. The molecule has 0 saturated carbocycles. The number of hydrogen-bond donors (Lipinski definition) is 2. The summed E-state index contributed by atoms with van der Waals surface area (Å²) in [6.45, 7) is 6.35. The Hall–Kier alpha value is -3.34. The normalized spacial score (nSPS) is 12.3. The Morgan fingerprint density at radius 1 is 0.867 bits per heavy atom. The minimum Gasteiger partial charge on any atom is -0.444 e.